The van der Waals surface area contributed by atoms with Gasteiger partial charge in [0.05, 0.1) is 0 Å². The number of hydrogen-bond donors (Lipinski definition) is 0. The van der Waals surface area contributed by atoms with Gasteiger partial charge in [0.15, 0.2) is 0 Å². The highest BCUT2D eigenvalue weighted by Gasteiger charge is 2.04. The highest BCUT2D eigenvalue weighted by Crippen LogP contribution is 2.14. The predicted molar refractivity (Wildman–Crippen MR) is 71.6 cm³/mol. The molecule has 1 unspecified atom stereocenters. The van der Waals surface area contributed by atoms with Crippen molar-refractivity contribution in [3.8, 4) is 0 Å². The quantitative estimate of drug-likeness (QED) is 0.772. The van der Waals surface area contributed by atoms with Crippen molar-refractivity contribution < 1.29 is 8.94 Å². The maximum atomic E-state index is 12.7. The molecule has 1 heterocycles. The number of benzene rings is 1. The van der Waals surface area contributed by atoms with Crippen molar-refractivity contribution in [3.63, 3.8) is 0 Å². The average Bonchev–Trinajstić information content (AvgIpc) is 2.83. The zero-order chi connectivity index (χ0) is 12.1. The Kier molecular flexibility index (Phi) is 4.36. The summed E-state index contributed by atoms with van der Waals surface area (Å²) in [7, 11) is 0. The van der Waals surface area contributed by atoms with Crippen LogP contribution in [0.25, 0.3) is 6.08 Å². The van der Waals surface area contributed by atoms with Crippen LogP contribution in [0.3, 0.4) is 0 Å². The molecule has 0 spiro atoms. The zero-order valence-electron chi connectivity index (χ0n) is 9.01. The van der Waals surface area contributed by atoms with E-state index in [1.54, 1.807) is 28.9 Å². The van der Waals surface area contributed by atoms with E-state index in [1.807, 2.05) is 23.6 Å². The van der Waals surface area contributed by atoms with Crippen LogP contribution in [-0.4, -0.2) is 4.55 Å². The van der Waals surface area contributed by atoms with Crippen molar-refractivity contribution in [2.24, 2.45) is 0 Å². The molecule has 1 atom stereocenters. The second-order valence-corrected chi connectivity index (χ2v) is 5.77. The van der Waals surface area contributed by atoms with Crippen LogP contribution in [0.2, 0.25) is 0 Å². The highest BCUT2D eigenvalue weighted by atomic mass is 32.2. The van der Waals surface area contributed by atoms with Crippen molar-refractivity contribution in [1.29, 1.82) is 0 Å². The van der Waals surface area contributed by atoms with Gasteiger partial charge in [-0.2, -0.15) is 0 Å². The Labute approximate surface area is 107 Å². The topological polar surface area (TPSA) is 23.1 Å². The second-order valence-electron chi connectivity index (χ2n) is 3.47. The minimum atomic E-state index is -1.06. The number of rotatable bonds is 4. The molecule has 0 N–H and O–H groups in total. The van der Waals surface area contributed by atoms with E-state index in [-0.39, 0.29) is 5.82 Å². The lowest BCUT2D eigenvalue weighted by Crippen LogP contribution is -1.99. The van der Waals surface area contributed by atoms with Crippen LogP contribution < -0.4 is 0 Å². The van der Waals surface area contributed by atoms with E-state index in [2.05, 4.69) is 0 Å². The molecule has 0 aliphatic rings. The molecule has 1 aromatic heterocycles. The van der Waals surface area contributed by atoms with Crippen LogP contribution in [0.15, 0.2) is 47.2 Å². The van der Waals surface area contributed by atoms with Gasteiger partial charge < -0.3 is 4.55 Å². The first kappa shape index (κ1) is 12.4. The summed E-state index contributed by atoms with van der Waals surface area (Å²) in [6.07, 6.45) is 1.85. The van der Waals surface area contributed by atoms with E-state index < -0.39 is 11.2 Å². The molecule has 0 fully saturated rings. The Morgan fingerprint density at radius 1 is 1.24 bits per heavy atom. The van der Waals surface area contributed by atoms with Crippen molar-refractivity contribution in [1.82, 2.24) is 0 Å². The molecule has 2 rings (SSSR count). The summed E-state index contributed by atoms with van der Waals surface area (Å²) in [6.45, 7) is 0. The third-order valence-corrected chi connectivity index (χ3v) is 4.04. The molecular formula is C13H11FOS2. The summed E-state index contributed by atoms with van der Waals surface area (Å²) in [5, 5.41) is 3.65. The van der Waals surface area contributed by atoms with Crippen LogP contribution in [0.5, 0.6) is 0 Å². The Bertz CT molecular complexity index is 477. The molecular weight excluding hydrogens is 255 g/mol. The van der Waals surface area contributed by atoms with Gasteiger partial charge in [0.25, 0.3) is 0 Å². The molecule has 0 amide bonds. The first-order valence-electron chi connectivity index (χ1n) is 5.07. The van der Waals surface area contributed by atoms with E-state index in [0.29, 0.717) is 5.75 Å². The summed E-state index contributed by atoms with van der Waals surface area (Å²) in [6, 6.07) is 10.0. The molecule has 2 aromatic rings. The molecule has 4 heteroatoms. The summed E-state index contributed by atoms with van der Waals surface area (Å²) in [4.78, 5) is 1.08. The molecule has 1 nitrogen and oxygen atoms in total. The molecule has 1 aromatic carbocycles. The fraction of sp³-hybridized carbons (Fsp3) is 0.0769. The zero-order valence-corrected chi connectivity index (χ0v) is 10.6. The fourth-order valence-corrected chi connectivity index (χ4v) is 2.94. The molecule has 0 bridgehead atoms. The van der Waals surface area contributed by atoms with Gasteiger partial charge >= 0.3 is 0 Å². The van der Waals surface area contributed by atoms with Crippen LogP contribution in [0.4, 0.5) is 4.39 Å². The molecule has 88 valence electrons. The summed E-state index contributed by atoms with van der Waals surface area (Å²) >= 11 is 0.544. The van der Waals surface area contributed by atoms with E-state index in [9.17, 15) is 8.94 Å². The number of hydrogen-bond acceptors (Lipinski definition) is 2. The largest absolute Gasteiger partial charge is 0.612 e. The normalized spacial score (nSPS) is 13.1. The first-order chi connectivity index (χ1) is 8.24. The average molecular weight is 266 g/mol. The van der Waals surface area contributed by atoms with Gasteiger partial charge in [0, 0.05) is 16.5 Å². The molecule has 0 saturated heterocycles. The van der Waals surface area contributed by atoms with E-state index in [1.165, 1.54) is 12.1 Å². The lowest BCUT2D eigenvalue weighted by molar-refractivity contribution is 0.602. The van der Waals surface area contributed by atoms with Gasteiger partial charge in [-0.05, 0) is 34.8 Å². The smallest absolute Gasteiger partial charge is 0.135 e. The van der Waals surface area contributed by atoms with Crippen molar-refractivity contribution in [2.45, 2.75) is 5.75 Å². The molecule has 0 saturated carbocycles. The third-order valence-electron chi connectivity index (χ3n) is 2.15. The Morgan fingerprint density at radius 3 is 2.65 bits per heavy atom. The van der Waals surface area contributed by atoms with Gasteiger partial charge in [-0.3, -0.25) is 0 Å². The lowest BCUT2D eigenvalue weighted by Gasteiger charge is -2.05. The van der Waals surface area contributed by atoms with E-state index >= 15 is 0 Å². The summed E-state index contributed by atoms with van der Waals surface area (Å²) in [5.41, 5.74) is 0.876. The number of thiophene rings is 1. The van der Waals surface area contributed by atoms with Crippen LogP contribution in [-0.2, 0) is 16.9 Å². The molecule has 0 aliphatic heterocycles. The van der Waals surface area contributed by atoms with Gasteiger partial charge in [0.2, 0.25) is 0 Å². The van der Waals surface area contributed by atoms with Crippen molar-refractivity contribution in [3.05, 3.63) is 63.4 Å². The summed E-state index contributed by atoms with van der Waals surface area (Å²) in [5.74, 6) is 0.149. The van der Waals surface area contributed by atoms with Crippen LogP contribution in [0.1, 0.15) is 10.4 Å². The molecule has 0 radical (unpaired) electrons. The minimum Gasteiger partial charge on any atom is -0.612 e. The van der Waals surface area contributed by atoms with Gasteiger partial charge in [-0.25, -0.2) is 4.39 Å². The molecule has 17 heavy (non-hydrogen) atoms. The van der Waals surface area contributed by atoms with E-state index in [0.717, 1.165) is 10.4 Å². The third kappa shape index (κ3) is 4.00. The fourth-order valence-electron chi connectivity index (χ4n) is 1.32. The minimum absolute atomic E-state index is 0.270. The Hall–Kier alpha value is -1.10. The standard InChI is InChI=1S/C13H11FOS2/c14-12-5-3-11(4-6-12)10-17(15)9-7-13-2-1-8-16-13/h1-9H,10H2/b9-7+. The van der Waals surface area contributed by atoms with Gasteiger partial charge in [0.1, 0.15) is 17.0 Å². The molecule has 0 aliphatic carbocycles. The number of halogens is 1. The van der Waals surface area contributed by atoms with Gasteiger partial charge in [-0.1, -0.05) is 18.2 Å². The Balaban J connectivity index is 1.93. The SMILES string of the molecule is [O-][S+](/C=C/c1cccs1)Cc1ccc(F)cc1. The maximum Gasteiger partial charge on any atom is 0.135 e. The highest BCUT2D eigenvalue weighted by molar-refractivity contribution is 7.93. The van der Waals surface area contributed by atoms with Crippen molar-refractivity contribution in [2.75, 3.05) is 0 Å². The summed E-state index contributed by atoms with van der Waals surface area (Å²) < 4.78 is 24.4. The second kappa shape index (κ2) is 6.00. The van der Waals surface area contributed by atoms with Crippen LogP contribution >= 0.6 is 11.3 Å². The van der Waals surface area contributed by atoms with Gasteiger partial charge in [-0.15, -0.1) is 11.3 Å². The van der Waals surface area contributed by atoms with Crippen LogP contribution in [0, 0.1) is 5.82 Å². The predicted octanol–water partition coefficient (Wildman–Crippen LogP) is 3.81. The monoisotopic (exact) mass is 266 g/mol. The Morgan fingerprint density at radius 2 is 2.00 bits per heavy atom. The van der Waals surface area contributed by atoms with E-state index in [4.69, 9.17) is 0 Å². The van der Waals surface area contributed by atoms with Crippen molar-refractivity contribution >= 4 is 28.6 Å². The maximum absolute atomic E-state index is 12.7. The lowest BCUT2D eigenvalue weighted by atomic mass is 10.2. The first-order valence-corrected chi connectivity index (χ1v) is 7.33.